The molecule has 2 aromatic rings. The van der Waals surface area contributed by atoms with Crippen molar-refractivity contribution in [1.82, 2.24) is 9.97 Å². The van der Waals surface area contributed by atoms with Crippen LogP contribution in [0.4, 0.5) is 17.5 Å². The van der Waals surface area contributed by atoms with E-state index >= 15 is 0 Å². The fraction of sp³-hybridized carbons (Fsp3) is 0.333. The topological polar surface area (TPSA) is 68.3 Å². The number of anilines is 3. The lowest BCUT2D eigenvalue weighted by molar-refractivity contribution is 0.174. The molecule has 0 saturated heterocycles. The van der Waals surface area contributed by atoms with Crippen molar-refractivity contribution in [3.05, 3.63) is 30.5 Å². The Morgan fingerprint density at radius 1 is 1.24 bits per heavy atom. The first-order chi connectivity index (χ1) is 10.2. The quantitative estimate of drug-likeness (QED) is 0.880. The summed E-state index contributed by atoms with van der Waals surface area (Å²) in [6, 6.07) is 7.88. The lowest BCUT2D eigenvalue weighted by Gasteiger charge is -2.13. The monoisotopic (exact) mass is 286 g/mol. The minimum absolute atomic E-state index is 0.267. The van der Waals surface area contributed by atoms with E-state index in [2.05, 4.69) is 34.4 Å². The van der Waals surface area contributed by atoms with Crippen molar-refractivity contribution in [1.29, 1.82) is 0 Å². The SMILES string of the molecule is CCC(C)Nc1ccnc(Nc2ccc3c(c2)OCO3)n1. The maximum Gasteiger partial charge on any atom is 0.231 e. The second-order valence-corrected chi connectivity index (χ2v) is 4.91. The molecule has 1 aliphatic rings. The number of aromatic nitrogens is 2. The van der Waals surface area contributed by atoms with Gasteiger partial charge in [0, 0.05) is 24.0 Å². The van der Waals surface area contributed by atoms with Gasteiger partial charge in [-0.15, -0.1) is 0 Å². The van der Waals surface area contributed by atoms with E-state index in [1.807, 2.05) is 24.3 Å². The van der Waals surface area contributed by atoms with Crippen LogP contribution in [0.25, 0.3) is 0 Å². The number of nitrogens with zero attached hydrogens (tertiary/aromatic N) is 2. The second kappa shape index (κ2) is 5.87. The van der Waals surface area contributed by atoms with Crippen LogP contribution in [0.5, 0.6) is 11.5 Å². The number of benzene rings is 1. The van der Waals surface area contributed by atoms with Crippen LogP contribution < -0.4 is 20.1 Å². The summed E-state index contributed by atoms with van der Waals surface area (Å²) < 4.78 is 10.6. The third-order valence-corrected chi connectivity index (χ3v) is 3.29. The van der Waals surface area contributed by atoms with Gasteiger partial charge in [0.2, 0.25) is 12.7 Å². The van der Waals surface area contributed by atoms with Crippen molar-refractivity contribution in [2.75, 3.05) is 17.4 Å². The van der Waals surface area contributed by atoms with Gasteiger partial charge >= 0.3 is 0 Å². The predicted octanol–water partition coefficient (Wildman–Crippen LogP) is 3.16. The van der Waals surface area contributed by atoms with E-state index in [-0.39, 0.29) is 6.79 Å². The Kier molecular flexibility index (Phi) is 3.77. The Balaban J connectivity index is 1.74. The molecule has 1 unspecified atom stereocenters. The van der Waals surface area contributed by atoms with Gasteiger partial charge < -0.3 is 20.1 Å². The van der Waals surface area contributed by atoms with Crippen molar-refractivity contribution in [2.24, 2.45) is 0 Å². The van der Waals surface area contributed by atoms with Gasteiger partial charge in [-0.2, -0.15) is 4.98 Å². The van der Waals surface area contributed by atoms with E-state index in [0.29, 0.717) is 12.0 Å². The summed E-state index contributed by atoms with van der Waals surface area (Å²) in [5.74, 6) is 2.84. The smallest absolute Gasteiger partial charge is 0.231 e. The predicted molar refractivity (Wildman–Crippen MR) is 81.3 cm³/mol. The molecule has 0 fully saturated rings. The fourth-order valence-corrected chi connectivity index (χ4v) is 1.96. The van der Waals surface area contributed by atoms with Crippen LogP contribution in [0.3, 0.4) is 0 Å². The minimum atomic E-state index is 0.267. The molecule has 0 saturated carbocycles. The first-order valence-corrected chi connectivity index (χ1v) is 7.01. The number of hydrogen-bond acceptors (Lipinski definition) is 6. The van der Waals surface area contributed by atoms with Crippen molar-refractivity contribution < 1.29 is 9.47 Å². The third-order valence-electron chi connectivity index (χ3n) is 3.29. The number of hydrogen-bond donors (Lipinski definition) is 2. The van der Waals surface area contributed by atoms with Crippen molar-refractivity contribution in [2.45, 2.75) is 26.3 Å². The Hall–Kier alpha value is -2.50. The summed E-state index contributed by atoms with van der Waals surface area (Å²) in [4.78, 5) is 8.67. The van der Waals surface area contributed by atoms with E-state index in [0.717, 1.165) is 29.4 Å². The maximum absolute atomic E-state index is 5.35. The maximum atomic E-state index is 5.35. The average Bonchev–Trinajstić information content (AvgIpc) is 2.95. The van der Waals surface area contributed by atoms with Gasteiger partial charge in [0.05, 0.1) is 0 Å². The van der Waals surface area contributed by atoms with Gasteiger partial charge in [0.15, 0.2) is 11.5 Å². The van der Waals surface area contributed by atoms with Gasteiger partial charge in [0.25, 0.3) is 0 Å². The Bertz CT molecular complexity index is 633. The lowest BCUT2D eigenvalue weighted by Crippen LogP contribution is -2.14. The zero-order chi connectivity index (χ0) is 14.7. The molecular weight excluding hydrogens is 268 g/mol. The first kappa shape index (κ1) is 13.5. The summed E-state index contributed by atoms with van der Waals surface area (Å²) in [6.45, 7) is 4.52. The highest BCUT2D eigenvalue weighted by atomic mass is 16.7. The van der Waals surface area contributed by atoms with Gasteiger partial charge in [-0.1, -0.05) is 6.92 Å². The Labute approximate surface area is 123 Å². The van der Waals surface area contributed by atoms with Crippen LogP contribution in [0, 0.1) is 0 Å². The number of nitrogens with one attached hydrogen (secondary N) is 2. The van der Waals surface area contributed by atoms with Crippen LogP contribution >= 0.6 is 0 Å². The van der Waals surface area contributed by atoms with E-state index in [1.165, 1.54) is 0 Å². The van der Waals surface area contributed by atoms with E-state index < -0.39 is 0 Å². The molecule has 0 spiro atoms. The van der Waals surface area contributed by atoms with Crippen LogP contribution in [0.2, 0.25) is 0 Å². The summed E-state index contributed by atoms with van der Waals surface area (Å²) >= 11 is 0. The van der Waals surface area contributed by atoms with Gasteiger partial charge in [-0.05, 0) is 31.5 Å². The molecule has 1 aromatic carbocycles. The van der Waals surface area contributed by atoms with Crippen LogP contribution in [0.1, 0.15) is 20.3 Å². The Morgan fingerprint density at radius 2 is 2.10 bits per heavy atom. The number of fused-ring (bicyclic) bond motifs is 1. The molecule has 6 heteroatoms. The fourth-order valence-electron chi connectivity index (χ4n) is 1.96. The first-order valence-electron chi connectivity index (χ1n) is 7.01. The highest BCUT2D eigenvalue weighted by Crippen LogP contribution is 2.34. The molecule has 0 amide bonds. The molecule has 0 bridgehead atoms. The summed E-state index contributed by atoms with van der Waals surface area (Å²) in [5, 5.41) is 6.49. The largest absolute Gasteiger partial charge is 0.454 e. The average molecular weight is 286 g/mol. The van der Waals surface area contributed by atoms with Crippen molar-refractivity contribution in [3.63, 3.8) is 0 Å². The van der Waals surface area contributed by atoms with Gasteiger partial charge in [0.1, 0.15) is 5.82 Å². The summed E-state index contributed by atoms with van der Waals surface area (Å²) in [5.41, 5.74) is 0.861. The highest BCUT2D eigenvalue weighted by Gasteiger charge is 2.13. The molecule has 2 heterocycles. The zero-order valence-corrected chi connectivity index (χ0v) is 12.1. The van der Waals surface area contributed by atoms with E-state index in [1.54, 1.807) is 6.20 Å². The molecule has 1 aliphatic heterocycles. The molecule has 21 heavy (non-hydrogen) atoms. The molecular formula is C15H18N4O2. The molecule has 0 aliphatic carbocycles. The molecule has 110 valence electrons. The van der Waals surface area contributed by atoms with Crippen LogP contribution in [-0.4, -0.2) is 22.8 Å². The highest BCUT2D eigenvalue weighted by molar-refractivity contribution is 5.60. The molecule has 1 aromatic heterocycles. The second-order valence-electron chi connectivity index (χ2n) is 4.91. The standard InChI is InChI=1S/C15H18N4O2/c1-3-10(2)17-14-6-7-16-15(19-14)18-11-4-5-12-13(8-11)21-9-20-12/h4-8,10H,3,9H2,1-2H3,(H2,16,17,18,19). The molecule has 2 N–H and O–H groups in total. The van der Waals surface area contributed by atoms with Gasteiger partial charge in [-0.25, -0.2) is 4.98 Å². The van der Waals surface area contributed by atoms with Crippen LogP contribution in [-0.2, 0) is 0 Å². The zero-order valence-electron chi connectivity index (χ0n) is 12.1. The molecule has 6 nitrogen and oxygen atoms in total. The third kappa shape index (κ3) is 3.16. The molecule has 3 rings (SSSR count). The Morgan fingerprint density at radius 3 is 2.95 bits per heavy atom. The molecule has 0 radical (unpaired) electrons. The van der Waals surface area contributed by atoms with Crippen molar-refractivity contribution in [3.8, 4) is 11.5 Å². The summed E-state index contributed by atoms with van der Waals surface area (Å²) in [7, 11) is 0. The number of rotatable bonds is 5. The number of ether oxygens (including phenoxy) is 2. The molecule has 1 atom stereocenters. The summed E-state index contributed by atoms with van der Waals surface area (Å²) in [6.07, 6.45) is 2.77. The van der Waals surface area contributed by atoms with E-state index in [9.17, 15) is 0 Å². The van der Waals surface area contributed by atoms with Gasteiger partial charge in [-0.3, -0.25) is 0 Å². The lowest BCUT2D eigenvalue weighted by atomic mass is 10.2. The normalized spacial score (nSPS) is 13.8. The van der Waals surface area contributed by atoms with Crippen LogP contribution in [0.15, 0.2) is 30.5 Å². The van der Waals surface area contributed by atoms with Crippen molar-refractivity contribution >= 4 is 17.5 Å². The van der Waals surface area contributed by atoms with E-state index in [4.69, 9.17) is 9.47 Å². The minimum Gasteiger partial charge on any atom is -0.454 e.